The van der Waals surface area contributed by atoms with Crippen LogP contribution in [0.15, 0.2) is 35.4 Å². The molecule has 0 spiro atoms. The summed E-state index contributed by atoms with van der Waals surface area (Å²) in [6.07, 6.45) is 1.52. The van der Waals surface area contributed by atoms with Gasteiger partial charge in [0.05, 0.1) is 0 Å². The summed E-state index contributed by atoms with van der Waals surface area (Å²) in [4.78, 5) is 14.3. The number of nitrogens with one attached hydrogen (secondary N) is 1. The molecular formula is C10H8F5N3O3S. The van der Waals surface area contributed by atoms with Gasteiger partial charge in [-0.25, -0.2) is 0 Å². The number of halogens is 5. The summed E-state index contributed by atoms with van der Waals surface area (Å²) in [7, 11) is -9.60. The van der Waals surface area contributed by atoms with Crippen molar-refractivity contribution < 1.29 is 33.8 Å². The first kappa shape index (κ1) is 17.6. The number of rotatable bonds is 4. The Morgan fingerprint density at radius 1 is 1.09 bits per heavy atom. The highest BCUT2D eigenvalue weighted by atomic mass is 32.5. The molecule has 0 saturated heterocycles. The van der Waals surface area contributed by atoms with Crippen LogP contribution in [0.3, 0.4) is 0 Å². The summed E-state index contributed by atoms with van der Waals surface area (Å²) in [6, 6.07) is 2.52. The smallest absolute Gasteiger partial charge is 0.373 e. The van der Waals surface area contributed by atoms with E-state index in [4.69, 9.17) is 14.3 Å². The van der Waals surface area contributed by atoms with Gasteiger partial charge >= 0.3 is 16.4 Å². The molecule has 1 heterocycles. The molecule has 12 heteroatoms. The molecule has 0 atom stereocenters. The first-order chi connectivity index (χ1) is 9.96. The van der Waals surface area contributed by atoms with Crippen molar-refractivity contribution in [3.8, 4) is 5.88 Å². The molecule has 0 bridgehead atoms. The summed E-state index contributed by atoms with van der Waals surface area (Å²) >= 11 is 0. The van der Waals surface area contributed by atoms with Gasteiger partial charge in [-0.2, -0.15) is 19.9 Å². The Morgan fingerprint density at radius 3 is 2.05 bits per heavy atom. The van der Waals surface area contributed by atoms with Crippen LogP contribution in [0, 0.1) is 0 Å². The number of ether oxygens (including phenoxy) is 1. The lowest BCUT2D eigenvalue weighted by atomic mass is 10.2. The van der Waals surface area contributed by atoms with E-state index in [1.807, 2.05) is 0 Å². The fourth-order valence-electron chi connectivity index (χ4n) is 1.26. The molecule has 0 fully saturated rings. The van der Waals surface area contributed by atoms with Crippen LogP contribution >= 0.6 is 10.2 Å². The SMILES string of the molecule is FS(F)(F)(F)(F)c1ccc(COc2cn[nH]n2)cc1.O=C=O. The second-order valence-corrected chi connectivity index (χ2v) is 6.20. The number of carbonyl (C=O) groups excluding carboxylic acids is 2. The third-order valence-corrected chi connectivity index (χ3v) is 3.31. The van der Waals surface area contributed by atoms with Crippen LogP contribution in [0.25, 0.3) is 0 Å². The highest BCUT2D eigenvalue weighted by molar-refractivity contribution is 8.45. The molecule has 2 aromatic rings. The van der Waals surface area contributed by atoms with E-state index in [-0.39, 0.29) is 18.6 Å². The maximum Gasteiger partial charge on any atom is 0.373 e. The van der Waals surface area contributed by atoms with Crippen LogP contribution in [-0.2, 0) is 16.2 Å². The maximum absolute atomic E-state index is 12.4. The van der Waals surface area contributed by atoms with E-state index in [0.29, 0.717) is 17.7 Å². The summed E-state index contributed by atoms with van der Waals surface area (Å²) in [6.45, 7) is -0.104. The minimum Gasteiger partial charge on any atom is -0.471 e. The first-order valence-electron chi connectivity index (χ1n) is 5.27. The summed E-state index contributed by atoms with van der Waals surface area (Å²) in [5.74, 6) is 0.150. The molecule has 1 N–H and O–H groups in total. The number of H-pyrrole nitrogens is 1. The molecule has 0 amide bonds. The van der Waals surface area contributed by atoms with Crippen molar-refractivity contribution in [2.24, 2.45) is 0 Å². The van der Waals surface area contributed by atoms with Gasteiger partial charge in [-0.15, -0.1) is 5.10 Å². The molecule has 1 aromatic heterocycles. The highest BCUT2D eigenvalue weighted by Crippen LogP contribution is 3.02. The highest BCUT2D eigenvalue weighted by Gasteiger charge is 2.65. The zero-order valence-electron chi connectivity index (χ0n) is 10.5. The molecule has 2 rings (SSSR count). The molecule has 122 valence electrons. The first-order valence-corrected chi connectivity index (χ1v) is 7.22. The zero-order chi connectivity index (χ0) is 16.9. The monoisotopic (exact) mass is 345 g/mol. The lowest BCUT2D eigenvalue weighted by Crippen LogP contribution is -2.06. The minimum atomic E-state index is -9.60. The van der Waals surface area contributed by atoms with E-state index >= 15 is 0 Å². The topological polar surface area (TPSA) is 84.9 Å². The van der Waals surface area contributed by atoms with Gasteiger partial charge in [0, 0.05) is 0 Å². The van der Waals surface area contributed by atoms with E-state index in [1.165, 1.54) is 6.20 Å². The molecular weight excluding hydrogens is 337 g/mol. The van der Waals surface area contributed by atoms with E-state index in [2.05, 4.69) is 15.4 Å². The largest absolute Gasteiger partial charge is 0.471 e. The van der Waals surface area contributed by atoms with Crippen molar-refractivity contribution in [2.45, 2.75) is 11.5 Å². The Hall–Kier alpha value is -2.46. The number of aromatic nitrogens is 3. The van der Waals surface area contributed by atoms with E-state index in [1.54, 1.807) is 0 Å². The van der Waals surface area contributed by atoms with Crippen LogP contribution in [0.1, 0.15) is 5.56 Å². The zero-order valence-corrected chi connectivity index (χ0v) is 11.3. The minimum absolute atomic E-state index is 0.104. The van der Waals surface area contributed by atoms with Gasteiger partial charge in [-0.1, -0.05) is 31.6 Å². The van der Waals surface area contributed by atoms with Gasteiger partial charge in [0.25, 0.3) is 5.88 Å². The van der Waals surface area contributed by atoms with Crippen molar-refractivity contribution in [1.82, 2.24) is 15.4 Å². The number of aromatic amines is 1. The molecule has 0 aliphatic rings. The average Bonchev–Trinajstić information content (AvgIpc) is 2.88. The Balaban J connectivity index is 0.000000745. The third kappa shape index (κ3) is 5.50. The summed E-state index contributed by atoms with van der Waals surface area (Å²) in [5, 5.41) is 9.29. The number of nitrogens with zero attached hydrogens (tertiary/aromatic N) is 2. The number of hydrogen-bond donors (Lipinski definition) is 1. The van der Waals surface area contributed by atoms with E-state index in [0.717, 1.165) is 12.1 Å². The van der Waals surface area contributed by atoms with E-state index in [9.17, 15) is 19.4 Å². The lowest BCUT2D eigenvalue weighted by molar-refractivity contribution is -0.191. The van der Waals surface area contributed by atoms with Crippen LogP contribution < -0.4 is 4.74 Å². The molecule has 0 saturated carbocycles. The van der Waals surface area contributed by atoms with Crippen LogP contribution in [0.4, 0.5) is 19.4 Å². The summed E-state index contributed by atoms with van der Waals surface area (Å²) < 4.78 is 67.2. The second kappa shape index (κ2) is 5.39. The fourth-order valence-corrected chi connectivity index (χ4v) is 1.91. The fraction of sp³-hybridized carbons (Fsp3) is 0.100. The molecule has 0 aliphatic heterocycles. The summed E-state index contributed by atoms with van der Waals surface area (Å²) in [5.41, 5.74) is 0.300. The van der Waals surface area contributed by atoms with Crippen molar-refractivity contribution in [1.29, 1.82) is 0 Å². The molecule has 0 radical (unpaired) electrons. The van der Waals surface area contributed by atoms with Crippen molar-refractivity contribution >= 4 is 16.4 Å². The van der Waals surface area contributed by atoms with Crippen molar-refractivity contribution in [3.63, 3.8) is 0 Å². The van der Waals surface area contributed by atoms with Crippen molar-refractivity contribution in [2.75, 3.05) is 0 Å². The van der Waals surface area contributed by atoms with Crippen LogP contribution in [-0.4, -0.2) is 21.6 Å². The molecule has 6 nitrogen and oxygen atoms in total. The van der Waals surface area contributed by atoms with Gasteiger partial charge in [0.2, 0.25) is 0 Å². The van der Waals surface area contributed by atoms with Gasteiger partial charge < -0.3 is 4.74 Å². The van der Waals surface area contributed by atoms with Gasteiger partial charge in [0.1, 0.15) is 17.7 Å². The number of hydrogen-bond acceptors (Lipinski definition) is 5. The predicted molar refractivity (Wildman–Crippen MR) is 63.6 cm³/mol. The Morgan fingerprint density at radius 2 is 1.64 bits per heavy atom. The van der Waals surface area contributed by atoms with Gasteiger partial charge in [0.15, 0.2) is 0 Å². The Labute approximate surface area is 120 Å². The van der Waals surface area contributed by atoms with E-state index < -0.39 is 15.1 Å². The predicted octanol–water partition coefficient (Wildman–Crippen LogP) is 3.46. The number of benzene rings is 1. The van der Waals surface area contributed by atoms with Gasteiger partial charge in [-0.05, 0) is 17.7 Å². The van der Waals surface area contributed by atoms with Crippen molar-refractivity contribution in [3.05, 3.63) is 36.0 Å². The lowest BCUT2D eigenvalue weighted by Gasteiger charge is -2.40. The van der Waals surface area contributed by atoms with Gasteiger partial charge in [-0.3, -0.25) is 0 Å². The second-order valence-electron chi connectivity index (χ2n) is 3.79. The normalized spacial score (nSPS) is 13.9. The molecule has 22 heavy (non-hydrogen) atoms. The third-order valence-electron chi connectivity index (χ3n) is 2.15. The Bertz CT molecular complexity index is 652. The molecule has 1 aromatic carbocycles. The average molecular weight is 345 g/mol. The van der Waals surface area contributed by atoms with Crippen LogP contribution in [0.5, 0.6) is 5.88 Å². The maximum atomic E-state index is 12.4. The van der Waals surface area contributed by atoms with Crippen LogP contribution in [0.2, 0.25) is 0 Å². The standard InChI is InChI=1S/C9H8F5N3OS.CO2/c10-19(11,12,13,14)8-3-1-7(2-4-8)6-18-9-5-15-17-16-9;2-1-3/h1-5H,6H2,(H,15,16,17);. The molecule has 0 aliphatic carbocycles. The Kier molecular flexibility index (Phi) is 4.31. The molecule has 0 unspecified atom stereocenters. The quantitative estimate of drug-likeness (QED) is 0.858.